The summed E-state index contributed by atoms with van der Waals surface area (Å²) in [6.07, 6.45) is 1.37. The van der Waals surface area contributed by atoms with Gasteiger partial charge in [0.05, 0.1) is 18.8 Å². The van der Waals surface area contributed by atoms with Crippen LogP contribution in [-0.2, 0) is 17.6 Å². The Balaban J connectivity index is 2.18. The summed E-state index contributed by atoms with van der Waals surface area (Å²) in [6.45, 7) is 4.06. The van der Waals surface area contributed by atoms with Gasteiger partial charge in [0.15, 0.2) is 11.1 Å². The molecule has 6 nitrogen and oxygen atoms in total. The van der Waals surface area contributed by atoms with E-state index in [1.165, 1.54) is 6.20 Å². The number of hydrogen-bond donors (Lipinski definition) is 2. The van der Waals surface area contributed by atoms with Crippen molar-refractivity contribution in [3.05, 3.63) is 6.20 Å². The highest BCUT2D eigenvalue weighted by Gasteiger charge is 2.24. The lowest BCUT2D eigenvalue weighted by Gasteiger charge is -2.24. The molecular weight excluding hydrogens is 218 g/mol. The van der Waals surface area contributed by atoms with Gasteiger partial charge in [0, 0.05) is 0 Å². The van der Waals surface area contributed by atoms with E-state index in [-0.39, 0.29) is 10.9 Å². The van der Waals surface area contributed by atoms with Crippen LogP contribution in [0.25, 0.3) is 0 Å². The van der Waals surface area contributed by atoms with Gasteiger partial charge in [-0.25, -0.2) is 8.89 Å². The Labute approximate surface area is 89.9 Å². The number of nitrogens with one attached hydrogen (secondary N) is 1. The molecular formula is C8H13N3O3S. The Hall–Kier alpha value is -0.920. The minimum atomic E-state index is -2.03. The first-order chi connectivity index (χ1) is 7.22. The van der Waals surface area contributed by atoms with Crippen molar-refractivity contribution in [1.82, 2.24) is 15.1 Å². The van der Waals surface area contributed by atoms with Crippen LogP contribution in [-0.4, -0.2) is 37.7 Å². The molecule has 1 aromatic heterocycles. The molecule has 2 atom stereocenters. The second-order valence-corrected chi connectivity index (χ2v) is 4.25. The number of aromatic nitrogens is 2. The average Bonchev–Trinajstić information content (AvgIpc) is 2.61. The summed E-state index contributed by atoms with van der Waals surface area (Å²) in [5.41, 5.74) is 0. The monoisotopic (exact) mass is 231 g/mol. The minimum Gasteiger partial charge on any atom is -0.475 e. The summed E-state index contributed by atoms with van der Waals surface area (Å²) in [4.78, 5) is 0.241. The first-order valence-electron chi connectivity index (χ1n) is 4.75. The van der Waals surface area contributed by atoms with Crippen molar-refractivity contribution in [2.45, 2.75) is 24.4 Å². The molecule has 0 aromatic carbocycles. The van der Waals surface area contributed by atoms with Crippen molar-refractivity contribution in [2.75, 3.05) is 13.2 Å². The van der Waals surface area contributed by atoms with Gasteiger partial charge in [0.25, 0.3) is 0 Å². The number of nitrogens with zero attached hydrogens (tertiary/aromatic N) is 2. The van der Waals surface area contributed by atoms with E-state index in [0.717, 1.165) is 6.54 Å². The van der Waals surface area contributed by atoms with E-state index in [4.69, 9.17) is 9.29 Å². The van der Waals surface area contributed by atoms with Gasteiger partial charge in [0.1, 0.15) is 11.5 Å². The van der Waals surface area contributed by atoms with Crippen molar-refractivity contribution in [3.63, 3.8) is 0 Å². The first kappa shape index (κ1) is 10.6. The van der Waals surface area contributed by atoms with Gasteiger partial charge >= 0.3 is 0 Å². The molecule has 1 aliphatic heterocycles. The summed E-state index contributed by atoms with van der Waals surface area (Å²) < 4.78 is 26.9. The second kappa shape index (κ2) is 4.30. The van der Waals surface area contributed by atoms with Crippen LogP contribution in [0.3, 0.4) is 0 Å². The van der Waals surface area contributed by atoms with Gasteiger partial charge in [-0.1, -0.05) is 6.92 Å². The zero-order chi connectivity index (χ0) is 10.8. The van der Waals surface area contributed by atoms with E-state index >= 15 is 0 Å². The molecule has 1 unspecified atom stereocenters. The van der Waals surface area contributed by atoms with Crippen LogP contribution in [0.4, 0.5) is 0 Å². The molecule has 1 aliphatic rings. The third-order valence-electron chi connectivity index (χ3n) is 2.26. The molecule has 15 heavy (non-hydrogen) atoms. The summed E-state index contributed by atoms with van der Waals surface area (Å²) in [7, 11) is 0. The third-order valence-corrected chi connectivity index (χ3v) is 2.91. The Morgan fingerprint density at radius 1 is 1.87 bits per heavy atom. The van der Waals surface area contributed by atoms with Crippen molar-refractivity contribution < 1.29 is 13.5 Å². The van der Waals surface area contributed by atoms with Gasteiger partial charge in [-0.2, -0.15) is 5.10 Å². The molecule has 0 aliphatic carbocycles. The van der Waals surface area contributed by atoms with Crippen molar-refractivity contribution >= 4 is 11.1 Å². The Morgan fingerprint density at radius 3 is 3.33 bits per heavy atom. The predicted octanol–water partition coefficient (Wildman–Crippen LogP) is -0.166. The minimum absolute atomic E-state index is 0.211. The van der Waals surface area contributed by atoms with Crippen LogP contribution < -0.4 is 10.1 Å². The standard InChI is InChI=1S/C8H13N3O3S/c1-2-9-6-4-11-8(14-5-6)7(3-10-11)15(12)13/h3,6,9H,2,4-5H2,1H3,(H,12,13)/t6-/m1/s1. The lowest BCUT2D eigenvalue weighted by atomic mass is 10.3. The van der Waals surface area contributed by atoms with Crippen molar-refractivity contribution in [1.29, 1.82) is 0 Å². The number of rotatable bonds is 3. The maximum absolute atomic E-state index is 10.9. The highest BCUT2D eigenvalue weighted by Crippen LogP contribution is 2.24. The molecule has 0 fully saturated rings. The zero-order valence-electron chi connectivity index (χ0n) is 8.34. The maximum atomic E-state index is 10.9. The normalized spacial score (nSPS) is 21.9. The van der Waals surface area contributed by atoms with Crippen molar-refractivity contribution in [2.24, 2.45) is 0 Å². The predicted molar refractivity (Wildman–Crippen MR) is 54.2 cm³/mol. The molecule has 0 amide bonds. The van der Waals surface area contributed by atoms with Gasteiger partial charge in [-0.3, -0.25) is 0 Å². The third kappa shape index (κ3) is 2.04. The van der Waals surface area contributed by atoms with Crippen LogP contribution in [0, 0.1) is 0 Å². The average molecular weight is 231 g/mol. The first-order valence-corrected chi connectivity index (χ1v) is 5.86. The van der Waals surface area contributed by atoms with Gasteiger partial charge in [-0.05, 0) is 6.54 Å². The number of fused-ring (bicyclic) bond motifs is 1. The second-order valence-electron chi connectivity index (χ2n) is 3.31. The van der Waals surface area contributed by atoms with E-state index in [9.17, 15) is 4.21 Å². The van der Waals surface area contributed by atoms with Crippen LogP contribution in [0.15, 0.2) is 11.1 Å². The Morgan fingerprint density at radius 2 is 2.67 bits per heavy atom. The highest BCUT2D eigenvalue weighted by atomic mass is 32.2. The molecule has 2 heterocycles. The molecule has 7 heteroatoms. The number of ether oxygens (including phenoxy) is 1. The van der Waals surface area contributed by atoms with Crippen LogP contribution in [0.2, 0.25) is 0 Å². The fourth-order valence-corrected chi connectivity index (χ4v) is 2.06. The van der Waals surface area contributed by atoms with Gasteiger partial charge in [0.2, 0.25) is 5.88 Å². The lowest BCUT2D eigenvalue weighted by molar-refractivity contribution is 0.180. The van der Waals surface area contributed by atoms with Crippen LogP contribution in [0.5, 0.6) is 5.88 Å². The highest BCUT2D eigenvalue weighted by molar-refractivity contribution is 7.79. The Bertz CT molecular complexity index is 379. The molecule has 2 rings (SSSR count). The smallest absolute Gasteiger partial charge is 0.231 e. The maximum Gasteiger partial charge on any atom is 0.231 e. The van der Waals surface area contributed by atoms with Gasteiger partial charge in [-0.15, -0.1) is 0 Å². The van der Waals surface area contributed by atoms with E-state index in [2.05, 4.69) is 10.4 Å². The number of hydrogen-bond acceptors (Lipinski definition) is 4. The molecule has 0 radical (unpaired) electrons. The Kier molecular flexibility index (Phi) is 3.03. The van der Waals surface area contributed by atoms with Gasteiger partial charge < -0.3 is 14.6 Å². The van der Waals surface area contributed by atoms with E-state index in [1.807, 2.05) is 6.92 Å². The summed E-state index contributed by atoms with van der Waals surface area (Å²) >= 11 is -2.03. The summed E-state index contributed by atoms with van der Waals surface area (Å²) in [6, 6.07) is 0.211. The number of likely N-dealkylation sites (N-methyl/N-ethyl adjacent to an activating group) is 1. The molecule has 0 saturated heterocycles. The SMILES string of the molecule is CCN[C@H]1COc2c(S(=O)O)cnn2C1. The van der Waals surface area contributed by atoms with E-state index in [1.54, 1.807) is 4.68 Å². The zero-order valence-corrected chi connectivity index (χ0v) is 9.16. The fourth-order valence-electron chi connectivity index (χ4n) is 1.61. The van der Waals surface area contributed by atoms with E-state index < -0.39 is 11.1 Å². The largest absolute Gasteiger partial charge is 0.475 e. The summed E-state index contributed by atoms with van der Waals surface area (Å²) in [5.74, 6) is 0.407. The fraction of sp³-hybridized carbons (Fsp3) is 0.625. The topological polar surface area (TPSA) is 76.4 Å². The lowest BCUT2D eigenvalue weighted by Crippen LogP contribution is -2.41. The quantitative estimate of drug-likeness (QED) is 0.707. The molecule has 0 spiro atoms. The summed E-state index contributed by atoms with van der Waals surface area (Å²) in [5, 5.41) is 7.25. The van der Waals surface area contributed by atoms with Crippen LogP contribution >= 0.6 is 0 Å². The van der Waals surface area contributed by atoms with Crippen molar-refractivity contribution in [3.8, 4) is 5.88 Å². The molecule has 1 aromatic rings. The molecule has 2 N–H and O–H groups in total. The molecule has 0 saturated carbocycles. The van der Waals surface area contributed by atoms with Crippen LogP contribution in [0.1, 0.15) is 6.92 Å². The van der Waals surface area contributed by atoms with E-state index in [0.29, 0.717) is 19.0 Å². The molecule has 84 valence electrons. The molecule has 0 bridgehead atoms.